The van der Waals surface area contributed by atoms with Crippen molar-refractivity contribution in [3.8, 4) is 11.1 Å². The second-order valence-electron chi connectivity index (χ2n) is 3.67. The van der Waals surface area contributed by atoms with E-state index in [1.54, 1.807) is 0 Å². The minimum atomic E-state index is 0.757. The van der Waals surface area contributed by atoms with Gasteiger partial charge in [0.2, 0.25) is 0 Å². The molecule has 3 rings (SSSR count). The van der Waals surface area contributed by atoms with Crippen LogP contribution in [-0.2, 0) is 0 Å². The van der Waals surface area contributed by atoms with Gasteiger partial charge in [0.15, 0.2) is 0 Å². The molecule has 0 aliphatic heterocycles. The molecular formula is C13H10N2S. The van der Waals surface area contributed by atoms with Crippen LogP contribution in [0.5, 0.6) is 0 Å². The number of H-pyrrole nitrogens is 2. The SMILES string of the molecule is S=c1[nH][nH]c2c(-c3ccccc3)cccc12. The van der Waals surface area contributed by atoms with Crippen LogP contribution in [0, 0.1) is 4.64 Å². The number of benzene rings is 2. The van der Waals surface area contributed by atoms with Gasteiger partial charge in [-0.2, -0.15) is 0 Å². The van der Waals surface area contributed by atoms with E-state index in [1.165, 1.54) is 11.1 Å². The second kappa shape index (κ2) is 3.61. The van der Waals surface area contributed by atoms with Crippen molar-refractivity contribution in [3.63, 3.8) is 0 Å². The van der Waals surface area contributed by atoms with Gasteiger partial charge in [0, 0.05) is 10.9 Å². The fourth-order valence-electron chi connectivity index (χ4n) is 1.92. The molecule has 2 nitrogen and oxygen atoms in total. The van der Waals surface area contributed by atoms with Crippen molar-refractivity contribution < 1.29 is 0 Å². The Bertz CT molecular complexity index is 680. The van der Waals surface area contributed by atoms with Gasteiger partial charge in [-0.1, -0.05) is 54.7 Å². The quantitative estimate of drug-likeness (QED) is 0.606. The highest BCUT2D eigenvalue weighted by Crippen LogP contribution is 2.26. The normalized spacial score (nSPS) is 10.8. The summed E-state index contributed by atoms with van der Waals surface area (Å²) in [5.41, 5.74) is 3.43. The maximum absolute atomic E-state index is 5.21. The van der Waals surface area contributed by atoms with Crippen molar-refractivity contribution >= 4 is 23.1 Å². The molecule has 3 heteroatoms. The van der Waals surface area contributed by atoms with Crippen molar-refractivity contribution in [1.29, 1.82) is 0 Å². The molecule has 0 saturated heterocycles. The van der Waals surface area contributed by atoms with Gasteiger partial charge in [0.05, 0.1) is 5.52 Å². The van der Waals surface area contributed by atoms with E-state index in [1.807, 2.05) is 30.3 Å². The molecular weight excluding hydrogens is 216 g/mol. The third kappa shape index (κ3) is 1.37. The molecule has 0 aliphatic carbocycles. The maximum atomic E-state index is 5.21. The molecule has 0 fully saturated rings. The van der Waals surface area contributed by atoms with Gasteiger partial charge in [-0.3, -0.25) is 10.2 Å². The molecule has 78 valence electrons. The highest BCUT2D eigenvalue weighted by atomic mass is 32.1. The van der Waals surface area contributed by atoms with E-state index in [9.17, 15) is 0 Å². The number of nitrogens with one attached hydrogen (secondary N) is 2. The van der Waals surface area contributed by atoms with Crippen molar-refractivity contribution in [1.82, 2.24) is 10.2 Å². The van der Waals surface area contributed by atoms with Gasteiger partial charge in [-0.15, -0.1) is 0 Å². The fraction of sp³-hybridized carbons (Fsp3) is 0. The van der Waals surface area contributed by atoms with Crippen LogP contribution in [0.3, 0.4) is 0 Å². The topological polar surface area (TPSA) is 31.6 Å². The van der Waals surface area contributed by atoms with Crippen LogP contribution in [0.15, 0.2) is 48.5 Å². The highest BCUT2D eigenvalue weighted by molar-refractivity contribution is 7.71. The fourth-order valence-corrected chi connectivity index (χ4v) is 2.14. The summed E-state index contributed by atoms with van der Waals surface area (Å²) in [5, 5.41) is 7.17. The Morgan fingerprint density at radius 3 is 2.44 bits per heavy atom. The van der Waals surface area contributed by atoms with E-state index < -0.39 is 0 Å². The van der Waals surface area contributed by atoms with Crippen LogP contribution in [0.4, 0.5) is 0 Å². The Balaban J connectivity index is 2.37. The van der Waals surface area contributed by atoms with Gasteiger partial charge in [-0.25, -0.2) is 0 Å². The first-order valence-corrected chi connectivity index (χ1v) is 5.52. The number of hydrogen-bond donors (Lipinski definition) is 2. The number of hydrogen-bond acceptors (Lipinski definition) is 1. The van der Waals surface area contributed by atoms with Crippen molar-refractivity contribution in [3.05, 3.63) is 53.2 Å². The van der Waals surface area contributed by atoms with Gasteiger partial charge in [-0.05, 0) is 11.6 Å². The smallest absolute Gasteiger partial charge is 0.127 e. The molecule has 16 heavy (non-hydrogen) atoms. The molecule has 0 saturated carbocycles. The van der Waals surface area contributed by atoms with Crippen molar-refractivity contribution in [2.75, 3.05) is 0 Å². The summed E-state index contributed by atoms with van der Waals surface area (Å²) in [4.78, 5) is 0. The second-order valence-corrected chi connectivity index (χ2v) is 4.08. The largest absolute Gasteiger partial charge is 0.299 e. The maximum Gasteiger partial charge on any atom is 0.127 e. The van der Waals surface area contributed by atoms with Crippen LogP contribution >= 0.6 is 12.2 Å². The number of aromatic nitrogens is 2. The monoisotopic (exact) mass is 226 g/mol. The zero-order valence-electron chi connectivity index (χ0n) is 8.53. The lowest BCUT2D eigenvalue weighted by molar-refractivity contribution is 1.11. The molecule has 1 heterocycles. The third-order valence-corrected chi connectivity index (χ3v) is 3.02. The molecule has 0 aliphatic rings. The molecule has 0 bridgehead atoms. The van der Waals surface area contributed by atoms with E-state index in [0.29, 0.717) is 0 Å². The average molecular weight is 226 g/mol. The first-order chi connectivity index (χ1) is 7.86. The number of fused-ring (bicyclic) bond motifs is 1. The summed E-state index contributed by atoms with van der Waals surface area (Å²) in [6.45, 7) is 0. The van der Waals surface area contributed by atoms with Gasteiger partial charge in [0.1, 0.15) is 4.64 Å². The van der Waals surface area contributed by atoms with Crippen molar-refractivity contribution in [2.24, 2.45) is 0 Å². The van der Waals surface area contributed by atoms with Gasteiger partial charge >= 0.3 is 0 Å². The predicted molar refractivity (Wildman–Crippen MR) is 68.9 cm³/mol. The van der Waals surface area contributed by atoms with E-state index >= 15 is 0 Å². The van der Waals surface area contributed by atoms with Gasteiger partial charge in [0.25, 0.3) is 0 Å². The minimum Gasteiger partial charge on any atom is -0.299 e. The van der Waals surface area contributed by atoms with E-state index in [4.69, 9.17) is 12.2 Å². The zero-order chi connectivity index (χ0) is 11.0. The molecule has 0 atom stereocenters. The predicted octanol–water partition coefficient (Wildman–Crippen LogP) is 3.89. The van der Waals surface area contributed by atoms with E-state index in [-0.39, 0.29) is 0 Å². The lowest BCUT2D eigenvalue weighted by Crippen LogP contribution is -1.79. The zero-order valence-corrected chi connectivity index (χ0v) is 9.34. The molecule has 0 amide bonds. The Morgan fingerprint density at radius 1 is 0.812 bits per heavy atom. The first-order valence-electron chi connectivity index (χ1n) is 5.11. The minimum absolute atomic E-state index is 0.757. The number of aromatic amines is 2. The van der Waals surface area contributed by atoms with Crippen LogP contribution in [-0.4, -0.2) is 10.2 Å². The third-order valence-electron chi connectivity index (χ3n) is 2.69. The molecule has 3 aromatic rings. The van der Waals surface area contributed by atoms with Gasteiger partial charge < -0.3 is 0 Å². The summed E-state index contributed by atoms with van der Waals surface area (Å²) in [6, 6.07) is 16.4. The Labute approximate surface area is 97.9 Å². The summed E-state index contributed by atoms with van der Waals surface area (Å²) in [7, 11) is 0. The van der Waals surface area contributed by atoms with Crippen LogP contribution in [0.2, 0.25) is 0 Å². The van der Waals surface area contributed by atoms with Crippen LogP contribution in [0.25, 0.3) is 22.0 Å². The molecule has 2 aromatic carbocycles. The Hall–Kier alpha value is -1.87. The summed E-state index contributed by atoms with van der Waals surface area (Å²) < 4.78 is 0.757. The van der Waals surface area contributed by atoms with Crippen molar-refractivity contribution in [2.45, 2.75) is 0 Å². The standard InChI is InChI=1S/C13H10N2S/c16-13-11-8-4-7-10(12(11)14-15-13)9-5-2-1-3-6-9/h1-8H,(H2,14,15,16). The van der Waals surface area contributed by atoms with E-state index in [2.05, 4.69) is 28.4 Å². The number of para-hydroxylation sites is 1. The lowest BCUT2D eigenvalue weighted by Gasteiger charge is -2.02. The molecule has 0 unspecified atom stereocenters. The first kappa shape index (κ1) is 9.36. The summed E-state index contributed by atoms with van der Waals surface area (Å²) in [5.74, 6) is 0. The summed E-state index contributed by atoms with van der Waals surface area (Å²) >= 11 is 5.21. The van der Waals surface area contributed by atoms with Crippen LogP contribution in [0.1, 0.15) is 0 Å². The lowest BCUT2D eigenvalue weighted by atomic mass is 10.0. The average Bonchev–Trinajstić information content (AvgIpc) is 2.73. The summed E-state index contributed by atoms with van der Waals surface area (Å²) in [6.07, 6.45) is 0. The molecule has 0 spiro atoms. The molecule has 2 N–H and O–H groups in total. The molecule has 0 radical (unpaired) electrons. The number of rotatable bonds is 1. The highest BCUT2D eigenvalue weighted by Gasteiger charge is 2.04. The Morgan fingerprint density at radius 2 is 1.62 bits per heavy atom. The van der Waals surface area contributed by atoms with Crippen LogP contribution < -0.4 is 0 Å². The van der Waals surface area contributed by atoms with E-state index in [0.717, 1.165) is 15.5 Å². The molecule has 1 aromatic heterocycles. The Kier molecular flexibility index (Phi) is 2.11.